The lowest BCUT2D eigenvalue weighted by Crippen LogP contribution is -2.48. The molecule has 6 nitrogen and oxygen atoms in total. The number of nitrogens with one attached hydrogen (secondary N) is 3. The molecule has 0 aliphatic rings. The lowest BCUT2D eigenvalue weighted by molar-refractivity contribution is 0.0829. The molecule has 4 N–H and O–H groups in total. The van der Waals surface area contributed by atoms with Crippen molar-refractivity contribution in [1.29, 1.82) is 0 Å². The van der Waals surface area contributed by atoms with E-state index in [4.69, 9.17) is 4.42 Å². The predicted molar refractivity (Wildman–Crippen MR) is 175 cm³/mol. The van der Waals surface area contributed by atoms with Crippen LogP contribution in [0.25, 0.3) is 0 Å². The van der Waals surface area contributed by atoms with E-state index in [1.165, 1.54) is 17.7 Å². The highest BCUT2D eigenvalue weighted by atomic mass is 35.5. The van der Waals surface area contributed by atoms with Crippen molar-refractivity contribution in [3.05, 3.63) is 130 Å². The van der Waals surface area contributed by atoms with Gasteiger partial charge in [0.2, 0.25) is 0 Å². The van der Waals surface area contributed by atoms with Crippen LogP contribution in [-0.2, 0) is 32.4 Å². The van der Waals surface area contributed by atoms with Crippen molar-refractivity contribution in [3.63, 3.8) is 0 Å². The largest absolute Gasteiger partial charge is 0.469 e. The van der Waals surface area contributed by atoms with Gasteiger partial charge in [0.1, 0.15) is 17.4 Å². The number of benzene rings is 3. The highest BCUT2D eigenvalue weighted by Crippen LogP contribution is 2.15. The lowest BCUT2D eigenvalue weighted by atomic mass is 9.99. The molecule has 0 unspecified atom stereocenters. The zero-order valence-electron chi connectivity index (χ0n) is 24.9. The summed E-state index contributed by atoms with van der Waals surface area (Å²) in [4.78, 5) is 13.4. The van der Waals surface area contributed by atoms with Crippen molar-refractivity contribution in [2.24, 2.45) is 0 Å². The molecule has 2 atom stereocenters. The van der Waals surface area contributed by atoms with E-state index in [1.54, 1.807) is 12.3 Å². The van der Waals surface area contributed by atoms with Crippen molar-refractivity contribution in [2.75, 3.05) is 13.1 Å². The third-order valence-corrected chi connectivity index (χ3v) is 7.10. The first-order valence-electron chi connectivity index (χ1n) is 14.3. The van der Waals surface area contributed by atoms with Gasteiger partial charge in [0.25, 0.3) is 5.91 Å². The van der Waals surface area contributed by atoms with Crippen LogP contribution in [0.2, 0.25) is 0 Å². The average Bonchev–Trinajstić information content (AvgIpc) is 3.48. The van der Waals surface area contributed by atoms with Crippen LogP contribution in [0, 0.1) is 18.6 Å². The average molecular weight is 649 g/mol. The van der Waals surface area contributed by atoms with Crippen LogP contribution in [-0.4, -0.2) is 36.2 Å². The number of hydrogen-bond donors (Lipinski definition) is 4. The first kappa shape index (κ1) is 36.9. The van der Waals surface area contributed by atoms with Crippen LogP contribution in [0.5, 0.6) is 0 Å². The van der Waals surface area contributed by atoms with Gasteiger partial charge in [0.15, 0.2) is 0 Å². The molecule has 0 radical (unpaired) electrons. The molecule has 0 saturated carbocycles. The summed E-state index contributed by atoms with van der Waals surface area (Å²) in [6, 6.07) is 20.0. The predicted octanol–water partition coefficient (Wildman–Crippen LogP) is 6.10. The molecule has 10 heteroatoms. The van der Waals surface area contributed by atoms with Gasteiger partial charge in [-0.05, 0) is 78.4 Å². The van der Waals surface area contributed by atoms with E-state index in [9.17, 15) is 18.7 Å². The van der Waals surface area contributed by atoms with Crippen molar-refractivity contribution >= 4 is 30.7 Å². The Balaban J connectivity index is 0.00000337. The molecule has 4 rings (SSSR count). The van der Waals surface area contributed by atoms with Gasteiger partial charge in [0.05, 0.1) is 18.4 Å². The highest BCUT2D eigenvalue weighted by Gasteiger charge is 2.23. The lowest BCUT2D eigenvalue weighted by Gasteiger charge is -2.25. The summed E-state index contributed by atoms with van der Waals surface area (Å²) in [5.41, 5.74) is 4.96. The number of aliphatic hydroxyl groups excluding tert-OH is 1. The number of carbonyl (C=O) groups is 1. The fraction of sp³-hybridized carbons (Fsp3) is 0.324. The number of hydrogen-bond acceptors (Lipinski definition) is 5. The fourth-order valence-electron chi connectivity index (χ4n) is 4.98. The third kappa shape index (κ3) is 11.7. The molecule has 0 aliphatic carbocycles. The van der Waals surface area contributed by atoms with E-state index < -0.39 is 23.8 Å². The second-order valence-electron chi connectivity index (χ2n) is 10.6. The molecule has 0 spiro atoms. The Morgan fingerprint density at radius 1 is 0.864 bits per heavy atom. The molecule has 0 fully saturated rings. The van der Waals surface area contributed by atoms with Crippen LogP contribution >= 0.6 is 24.8 Å². The van der Waals surface area contributed by atoms with Crippen molar-refractivity contribution < 1.29 is 23.1 Å². The van der Waals surface area contributed by atoms with E-state index in [0.717, 1.165) is 47.9 Å². The Morgan fingerprint density at radius 2 is 1.59 bits per heavy atom. The standard InChI is InChI=1S/C34H39F2N3O3.2ClH/c1-3-24-6-4-7-25(14-24)20-38-22-33(40)32(18-26-16-29(35)19-30(36)17-26)39-34(41)28-13-23(2)12-27(15-28)21-37-10-9-31-8-5-11-42-31;;/h4-8,11-17,19,32-33,37-38,40H,3,9-10,18,20-22H2,1-2H3,(H,39,41);2*1H/t32-,33+;;/m0../s1. The molecule has 1 heterocycles. The quantitative estimate of drug-likeness (QED) is 0.117. The van der Waals surface area contributed by atoms with Gasteiger partial charge < -0.3 is 25.5 Å². The van der Waals surface area contributed by atoms with E-state index in [1.807, 2.05) is 43.3 Å². The van der Waals surface area contributed by atoms with Gasteiger partial charge >= 0.3 is 0 Å². The summed E-state index contributed by atoms with van der Waals surface area (Å²) < 4.78 is 33.2. The van der Waals surface area contributed by atoms with Gasteiger partial charge in [-0.2, -0.15) is 0 Å². The molecule has 3 aromatic carbocycles. The summed E-state index contributed by atoms with van der Waals surface area (Å²) in [6.07, 6.45) is 2.38. The van der Waals surface area contributed by atoms with Gasteiger partial charge in [-0.1, -0.05) is 42.8 Å². The molecule has 0 bridgehead atoms. The van der Waals surface area contributed by atoms with E-state index >= 15 is 0 Å². The SMILES string of the molecule is CCc1cccc(CNC[C@@H](O)[C@H](Cc2cc(F)cc(F)c2)NC(=O)c2cc(C)cc(CNCCc3ccco3)c2)c1.Cl.Cl. The maximum absolute atomic E-state index is 13.9. The van der Waals surface area contributed by atoms with E-state index in [0.29, 0.717) is 24.2 Å². The summed E-state index contributed by atoms with van der Waals surface area (Å²) in [5.74, 6) is -0.881. The molecule has 0 aliphatic heterocycles. The number of furan rings is 1. The topological polar surface area (TPSA) is 86.5 Å². The number of carbonyl (C=O) groups excluding carboxylic acids is 1. The number of aliphatic hydroxyl groups is 1. The van der Waals surface area contributed by atoms with Crippen molar-refractivity contribution in [3.8, 4) is 0 Å². The maximum atomic E-state index is 13.9. The molecule has 1 aromatic heterocycles. The highest BCUT2D eigenvalue weighted by molar-refractivity contribution is 5.94. The molecular weight excluding hydrogens is 607 g/mol. The summed E-state index contributed by atoms with van der Waals surface area (Å²) >= 11 is 0. The van der Waals surface area contributed by atoms with E-state index in [-0.39, 0.29) is 43.7 Å². The zero-order valence-corrected chi connectivity index (χ0v) is 26.6. The number of rotatable bonds is 15. The summed E-state index contributed by atoms with van der Waals surface area (Å²) in [6.45, 7) is 6.02. The molecule has 238 valence electrons. The Bertz CT molecular complexity index is 1430. The summed E-state index contributed by atoms with van der Waals surface area (Å²) in [7, 11) is 0. The summed E-state index contributed by atoms with van der Waals surface area (Å²) in [5, 5.41) is 20.7. The fourth-order valence-corrected chi connectivity index (χ4v) is 4.98. The minimum atomic E-state index is -1.01. The Hall–Kier alpha value is -3.27. The number of amides is 1. The van der Waals surface area contributed by atoms with Gasteiger partial charge in [-0.15, -0.1) is 24.8 Å². The second-order valence-corrected chi connectivity index (χ2v) is 10.6. The van der Waals surface area contributed by atoms with Crippen LogP contribution in [0.4, 0.5) is 8.78 Å². The normalized spacial score (nSPS) is 12.1. The first-order valence-corrected chi connectivity index (χ1v) is 14.3. The molecule has 44 heavy (non-hydrogen) atoms. The Labute approximate surface area is 270 Å². The van der Waals surface area contributed by atoms with Gasteiger partial charge in [-0.3, -0.25) is 4.79 Å². The second kappa shape index (κ2) is 18.5. The van der Waals surface area contributed by atoms with Gasteiger partial charge in [0, 0.05) is 44.2 Å². The first-order chi connectivity index (χ1) is 20.3. The Kier molecular flexibility index (Phi) is 15.5. The van der Waals surface area contributed by atoms with Crippen LogP contribution in [0.15, 0.2) is 83.5 Å². The maximum Gasteiger partial charge on any atom is 0.251 e. The minimum absolute atomic E-state index is 0. The van der Waals surface area contributed by atoms with Crippen molar-refractivity contribution in [1.82, 2.24) is 16.0 Å². The molecule has 0 saturated heterocycles. The Morgan fingerprint density at radius 3 is 2.30 bits per heavy atom. The minimum Gasteiger partial charge on any atom is -0.469 e. The van der Waals surface area contributed by atoms with Crippen LogP contribution in [0.3, 0.4) is 0 Å². The molecule has 1 amide bonds. The van der Waals surface area contributed by atoms with Crippen molar-refractivity contribution in [2.45, 2.75) is 58.3 Å². The smallest absolute Gasteiger partial charge is 0.251 e. The monoisotopic (exact) mass is 647 g/mol. The van der Waals surface area contributed by atoms with Crippen LogP contribution in [0.1, 0.15) is 50.9 Å². The third-order valence-electron chi connectivity index (χ3n) is 7.10. The van der Waals surface area contributed by atoms with E-state index in [2.05, 4.69) is 35.0 Å². The molecular formula is C34H41Cl2F2N3O3. The van der Waals surface area contributed by atoms with Gasteiger partial charge in [-0.25, -0.2) is 8.78 Å². The zero-order chi connectivity index (χ0) is 29.9. The number of aryl methyl sites for hydroxylation is 2. The van der Waals surface area contributed by atoms with Crippen LogP contribution < -0.4 is 16.0 Å². The molecule has 4 aromatic rings. The number of halogens is 4.